The van der Waals surface area contributed by atoms with E-state index >= 15 is 0 Å². The molecule has 2 aromatic rings. The van der Waals surface area contributed by atoms with E-state index in [2.05, 4.69) is 35.2 Å². The van der Waals surface area contributed by atoms with Gasteiger partial charge in [-0.2, -0.15) is 0 Å². The summed E-state index contributed by atoms with van der Waals surface area (Å²) in [6.45, 7) is 2.93. The molecule has 0 aliphatic carbocycles. The van der Waals surface area contributed by atoms with Gasteiger partial charge in [-0.3, -0.25) is 0 Å². The Morgan fingerprint density at radius 1 is 1.19 bits per heavy atom. The van der Waals surface area contributed by atoms with Gasteiger partial charge < -0.3 is 15.4 Å². The molecule has 4 rings (SSSR count). The number of hydrogen-bond donors (Lipinski definition) is 1. The molecule has 0 saturated heterocycles. The number of para-hydroxylation sites is 1. The second kappa shape index (κ2) is 4.99. The lowest BCUT2D eigenvalue weighted by molar-refractivity contribution is 0.330. The molecule has 2 N–H and O–H groups in total. The van der Waals surface area contributed by atoms with Crippen molar-refractivity contribution in [3.8, 4) is 5.75 Å². The smallest absolute Gasteiger partial charge is 0.122 e. The highest BCUT2D eigenvalue weighted by Gasteiger charge is 2.27. The normalized spacial score (nSPS) is 19.8. The first-order chi connectivity index (χ1) is 10.3. The fraction of sp³-hybridized carbons (Fsp3) is 0.333. The van der Waals surface area contributed by atoms with Gasteiger partial charge in [-0.05, 0) is 42.7 Å². The molecule has 2 aliphatic heterocycles. The molecule has 2 aromatic carbocycles. The van der Waals surface area contributed by atoms with Crippen LogP contribution < -0.4 is 15.4 Å². The van der Waals surface area contributed by atoms with Crippen molar-refractivity contribution in [2.24, 2.45) is 0 Å². The van der Waals surface area contributed by atoms with Crippen molar-refractivity contribution in [1.29, 1.82) is 0 Å². The topological polar surface area (TPSA) is 38.5 Å². The van der Waals surface area contributed by atoms with Gasteiger partial charge in [-0.1, -0.05) is 18.2 Å². The zero-order chi connectivity index (χ0) is 14.2. The molecular weight excluding hydrogens is 260 g/mol. The van der Waals surface area contributed by atoms with E-state index in [9.17, 15) is 0 Å². The van der Waals surface area contributed by atoms with Crippen LogP contribution in [-0.2, 0) is 6.42 Å². The Balaban J connectivity index is 1.60. The highest BCUT2D eigenvalue weighted by Crippen LogP contribution is 2.36. The molecule has 2 aliphatic rings. The number of anilines is 2. The van der Waals surface area contributed by atoms with Crippen molar-refractivity contribution >= 4 is 11.4 Å². The quantitative estimate of drug-likeness (QED) is 0.859. The molecule has 0 radical (unpaired) electrons. The molecule has 0 spiro atoms. The van der Waals surface area contributed by atoms with Crippen LogP contribution in [-0.4, -0.2) is 19.7 Å². The molecular formula is C18H20N2O. The first kappa shape index (κ1) is 12.6. The average molecular weight is 280 g/mol. The SMILES string of the molecule is Nc1ccc2c(c1)CCCN2CC1COc2ccccc21. The van der Waals surface area contributed by atoms with Gasteiger partial charge >= 0.3 is 0 Å². The standard InChI is InChI=1S/C18H20N2O/c19-15-7-8-17-13(10-15)4-3-9-20(17)11-14-12-21-18-6-2-1-5-16(14)18/h1-2,5-8,10,14H,3-4,9,11-12,19H2. The van der Waals surface area contributed by atoms with Crippen molar-refractivity contribution in [1.82, 2.24) is 0 Å². The Morgan fingerprint density at radius 3 is 3.05 bits per heavy atom. The van der Waals surface area contributed by atoms with E-state index in [-0.39, 0.29) is 0 Å². The number of ether oxygens (including phenoxy) is 1. The Kier molecular flexibility index (Phi) is 2.99. The number of aryl methyl sites for hydroxylation is 1. The van der Waals surface area contributed by atoms with Crippen LogP contribution in [0.15, 0.2) is 42.5 Å². The predicted molar refractivity (Wildman–Crippen MR) is 86.1 cm³/mol. The number of nitrogen functional groups attached to an aromatic ring is 1. The fourth-order valence-corrected chi connectivity index (χ4v) is 3.53. The second-order valence-corrected chi connectivity index (χ2v) is 5.98. The third kappa shape index (κ3) is 2.23. The second-order valence-electron chi connectivity index (χ2n) is 5.98. The molecule has 0 saturated carbocycles. The van der Waals surface area contributed by atoms with E-state index in [1.165, 1.54) is 23.2 Å². The monoisotopic (exact) mass is 280 g/mol. The summed E-state index contributed by atoms with van der Waals surface area (Å²) in [5, 5.41) is 0. The van der Waals surface area contributed by atoms with Gasteiger partial charge in [-0.25, -0.2) is 0 Å². The maximum Gasteiger partial charge on any atom is 0.122 e. The summed E-state index contributed by atoms with van der Waals surface area (Å²) in [7, 11) is 0. The van der Waals surface area contributed by atoms with Gasteiger partial charge in [-0.15, -0.1) is 0 Å². The van der Waals surface area contributed by atoms with E-state index in [0.29, 0.717) is 5.92 Å². The van der Waals surface area contributed by atoms with Crippen molar-refractivity contribution in [2.75, 3.05) is 30.3 Å². The van der Waals surface area contributed by atoms with Crippen LogP contribution in [0.1, 0.15) is 23.5 Å². The molecule has 3 heteroatoms. The van der Waals surface area contributed by atoms with Gasteiger partial charge in [0.25, 0.3) is 0 Å². The molecule has 1 unspecified atom stereocenters. The van der Waals surface area contributed by atoms with Crippen LogP contribution >= 0.6 is 0 Å². The lowest BCUT2D eigenvalue weighted by Crippen LogP contribution is -2.33. The Labute approximate surface area is 125 Å². The Bertz CT molecular complexity index is 668. The highest BCUT2D eigenvalue weighted by molar-refractivity contribution is 5.61. The van der Waals surface area contributed by atoms with Crippen LogP contribution in [0.4, 0.5) is 11.4 Å². The van der Waals surface area contributed by atoms with Gasteiger partial charge in [0.1, 0.15) is 5.75 Å². The molecule has 3 nitrogen and oxygen atoms in total. The Hall–Kier alpha value is -2.16. The van der Waals surface area contributed by atoms with Crippen molar-refractivity contribution < 1.29 is 4.74 Å². The van der Waals surface area contributed by atoms with Gasteiger partial charge in [0.2, 0.25) is 0 Å². The number of benzene rings is 2. The van der Waals surface area contributed by atoms with Crippen LogP contribution in [0.5, 0.6) is 5.75 Å². The molecule has 108 valence electrons. The summed E-state index contributed by atoms with van der Waals surface area (Å²) in [5.74, 6) is 1.52. The fourth-order valence-electron chi connectivity index (χ4n) is 3.53. The van der Waals surface area contributed by atoms with E-state index in [0.717, 1.165) is 37.6 Å². The van der Waals surface area contributed by atoms with Crippen LogP contribution in [0.2, 0.25) is 0 Å². The summed E-state index contributed by atoms with van der Waals surface area (Å²) in [5.41, 5.74) is 10.9. The molecule has 21 heavy (non-hydrogen) atoms. The van der Waals surface area contributed by atoms with Gasteiger partial charge in [0.15, 0.2) is 0 Å². The summed E-state index contributed by atoms with van der Waals surface area (Å²) < 4.78 is 5.81. The lowest BCUT2D eigenvalue weighted by atomic mass is 9.96. The summed E-state index contributed by atoms with van der Waals surface area (Å²) in [4.78, 5) is 2.49. The largest absolute Gasteiger partial charge is 0.493 e. The van der Waals surface area contributed by atoms with E-state index < -0.39 is 0 Å². The van der Waals surface area contributed by atoms with E-state index in [1.807, 2.05) is 12.1 Å². The van der Waals surface area contributed by atoms with Crippen LogP contribution in [0.25, 0.3) is 0 Å². The van der Waals surface area contributed by atoms with Gasteiger partial charge in [0, 0.05) is 35.9 Å². The number of fused-ring (bicyclic) bond motifs is 2. The lowest BCUT2D eigenvalue weighted by Gasteiger charge is -2.33. The molecule has 0 amide bonds. The van der Waals surface area contributed by atoms with E-state index in [4.69, 9.17) is 10.5 Å². The molecule has 0 bridgehead atoms. The maximum absolute atomic E-state index is 5.92. The van der Waals surface area contributed by atoms with Crippen molar-refractivity contribution in [3.05, 3.63) is 53.6 Å². The zero-order valence-corrected chi connectivity index (χ0v) is 12.1. The maximum atomic E-state index is 5.92. The predicted octanol–water partition coefficient (Wildman–Crippen LogP) is 3.20. The third-order valence-corrected chi connectivity index (χ3v) is 4.56. The number of rotatable bonds is 2. The average Bonchev–Trinajstić information content (AvgIpc) is 2.91. The van der Waals surface area contributed by atoms with Crippen LogP contribution in [0, 0.1) is 0 Å². The third-order valence-electron chi connectivity index (χ3n) is 4.56. The number of nitrogens with zero attached hydrogens (tertiary/aromatic N) is 1. The molecule has 0 aromatic heterocycles. The van der Waals surface area contributed by atoms with Crippen molar-refractivity contribution in [2.45, 2.75) is 18.8 Å². The minimum Gasteiger partial charge on any atom is -0.493 e. The number of hydrogen-bond acceptors (Lipinski definition) is 3. The molecule has 0 fully saturated rings. The molecule has 2 heterocycles. The van der Waals surface area contributed by atoms with Crippen LogP contribution in [0.3, 0.4) is 0 Å². The minimum atomic E-state index is 0.463. The molecule has 1 atom stereocenters. The number of nitrogens with two attached hydrogens (primary N) is 1. The van der Waals surface area contributed by atoms with E-state index in [1.54, 1.807) is 0 Å². The Morgan fingerprint density at radius 2 is 2.10 bits per heavy atom. The summed E-state index contributed by atoms with van der Waals surface area (Å²) in [6, 6.07) is 14.7. The van der Waals surface area contributed by atoms with Crippen molar-refractivity contribution in [3.63, 3.8) is 0 Å². The van der Waals surface area contributed by atoms with Gasteiger partial charge in [0.05, 0.1) is 6.61 Å². The first-order valence-corrected chi connectivity index (χ1v) is 7.66. The minimum absolute atomic E-state index is 0.463. The highest BCUT2D eigenvalue weighted by atomic mass is 16.5. The zero-order valence-electron chi connectivity index (χ0n) is 12.1. The summed E-state index contributed by atoms with van der Waals surface area (Å²) in [6.07, 6.45) is 2.33. The summed E-state index contributed by atoms with van der Waals surface area (Å²) >= 11 is 0. The first-order valence-electron chi connectivity index (χ1n) is 7.66.